The van der Waals surface area contributed by atoms with Crippen molar-refractivity contribution in [2.45, 2.75) is 37.3 Å². The third-order valence-corrected chi connectivity index (χ3v) is 8.58. The van der Waals surface area contributed by atoms with Gasteiger partial charge in [0.25, 0.3) is 10.1 Å². The summed E-state index contributed by atoms with van der Waals surface area (Å²) in [6.07, 6.45) is 0. The maximum absolute atomic E-state index is 12.1. The predicted molar refractivity (Wildman–Crippen MR) is 84.8 cm³/mol. The third-order valence-electron chi connectivity index (χ3n) is 4.58. The average molecular weight is 346 g/mol. The van der Waals surface area contributed by atoms with Crippen LogP contribution in [0.5, 0.6) is 0 Å². The van der Waals surface area contributed by atoms with Crippen molar-refractivity contribution in [3.8, 4) is 0 Å². The lowest BCUT2D eigenvalue weighted by atomic mass is 9.84. The SMILES string of the molecule is Cc1ccc(S(=O)(=O)OCC(C)C2CS(=O)(=O)C2(C)C)cc1. The molecule has 7 heteroatoms. The predicted octanol–water partition coefficient (Wildman–Crippen LogP) is 2.16. The number of hydrogen-bond acceptors (Lipinski definition) is 5. The van der Waals surface area contributed by atoms with Crippen LogP contribution in [0.1, 0.15) is 26.3 Å². The lowest BCUT2D eigenvalue weighted by Gasteiger charge is -2.46. The highest BCUT2D eigenvalue weighted by atomic mass is 32.2. The first-order valence-electron chi connectivity index (χ1n) is 7.16. The Bertz CT molecular complexity index is 746. The number of hydrogen-bond donors (Lipinski definition) is 0. The van der Waals surface area contributed by atoms with E-state index in [1.807, 2.05) is 13.8 Å². The van der Waals surface area contributed by atoms with Crippen LogP contribution in [0.2, 0.25) is 0 Å². The van der Waals surface area contributed by atoms with E-state index in [2.05, 4.69) is 0 Å². The molecule has 2 unspecified atom stereocenters. The van der Waals surface area contributed by atoms with Crippen LogP contribution in [-0.2, 0) is 24.1 Å². The van der Waals surface area contributed by atoms with Crippen LogP contribution in [0, 0.1) is 18.8 Å². The van der Waals surface area contributed by atoms with Gasteiger partial charge in [-0.1, -0.05) is 24.6 Å². The fourth-order valence-corrected chi connectivity index (χ4v) is 5.84. The highest BCUT2D eigenvalue weighted by molar-refractivity contribution is 7.94. The van der Waals surface area contributed by atoms with E-state index in [9.17, 15) is 16.8 Å². The zero-order valence-electron chi connectivity index (χ0n) is 13.2. The van der Waals surface area contributed by atoms with Crippen LogP contribution in [0.4, 0.5) is 0 Å². The molecule has 2 atom stereocenters. The molecule has 2 rings (SSSR count). The average Bonchev–Trinajstić information content (AvgIpc) is 2.43. The van der Waals surface area contributed by atoms with Crippen LogP contribution >= 0.6 is 0 Å². The molecule has 1 aliphatic rings. The molecule has 0 amide bonds. The van der Waals surface area contributed by atoms with E-state index in [4.69, 9.17) is 4.18 Å². The summed E-state index contributed by atoms with van der Waals surface area (Å²) >= 11 is 0. The van der Waals surface area contributed by atoms with Gasteiger partial charge in [0.2, 0.25) is 0 Å². The van der Waals surface area contributed by atoms with Crippen LogP contribution in [0.15, 0.2) is 29.2 Å². The second kappa shape index (κ2) is 5.62. The molecule has 1 saturated heterocycles. The molecule has 1 aromatic rings. The Labute approximate surface area is 132 Å². The number of rotatable bonds is 5. The molecule has 124 valence electrons. The minimum atomic E-state index is -3.81. The molecule has 1 aliphatic heterocycles. The zero-order valence-corrected chi connectivity index (χ0v) is 14.9. The van der Waals surface area contributed by atoms with E-state index in [1.54, 1.807) is 26.0 Å². The summed E-state index contributed by atoms with van der Waals surface area (Å²) < 4.78 is 52.0. The largest absolute Gasteiger partial charge is 0.296 e. The van der Waals surface area contributed by atoms with Crippen molar-refractivity contribution in [2.75, 3.05) is 12.4 Å². The maximum Gasteiger partial charge on any atom is 0.296 e. The Kier molecular flexibility index (Phi) is 4.45. The van der Waals surface area contributed by atoms with Crippen LogP contribution in [-0.4, -0.2) is 33.9 Å². The number of benzene rings is 1. The Morgan fingerprint density at radius 3 is 2.27 bits per heavy atom. The summed E-state index contributed by atoms with van der Waals surface area (Å²) in [5.74, 6) is -0.153. The van der Waals surface area contributed by atoms with Crippen LogP contribution in [0.3, 0.4) is 0 Å². The van der Waals surface area contributed by atoms with Crippen molar-refractivity contribution >= 4 is 20.0 Å². The molecule has 0 aliphatic carbocycles. The van der Waals surface area contributed by atoms with E-state index in [-0.39, 0.29) is 29.1 Å². The molecule has 0 N–H and O–H groups in total. The lowest BCUT2D eigenvalue weighted by molar-refractivity contribution is 0.184. The molecule has 0 bridgehead atoms. The zero-order chi connectivity index (χ0) is 16.8. The van der Waals surface area contributed by atoms with Gasteiger partial charge in [-0.3, -0.25) is 4.18 Å². The first-order chi connectivity index (χ1) is 9.97. The van der Waals surface area contributed by atoms with E-state index < -0.39 is 24.7 Å². The van der Waals surface area contributed by atoms with E-state index in [1.165, 1.54) is 12.1 Å². The topological polar surface area (TPSA) is 77.5 Å². The van der Waals surface area contributed by atoms with Gasteiger partial charge >= 0.3 is 0 Å². The van der Waals surface area contributed by atoms with E-state index >= 15 is 0 Å². The smallest absolute Gasteiger partial charge is 0.266 e. The first-order valence-corrected chi connectivity index (χ1v) is 10.2. The monoisotopic (exact) mass is 346 g/mol. The summed E-state index contributed by atoms with van der Waals surface area (Å²) in [5.41, 5.74) is 0.966. The van der Waals surface area contributed by atoms with Gasteiger partial charge in [-0.15, -0.1) is 0 Å². The number of aryl methyl sites for hydroxylation is 1. The van der Waals surface area contributed by atoms with Crippen molar-refractivity contribution in [1.29, 1.82) is 0 Å². The van der Waals surface area contributed by atoms with Crippen LogP contribution in [0.25, 0.3) is 0 Å². The van der Waals surface area contributed by atoms with Gasteiger partial charge in [0, 0.05) is 0 Å². The summed E-state index contributed by atoms with van der Waals surface area (Å²) in [7, 11) is -6.87. The van der Waals surface area contributed by atoms with Gasteiger partial charge in [-0.05, 0) is 44.7 Å². The Balaban J connectivity index is 2.02. The quantitative estimate of drug-likeness (QED) is 0.764. The molecule has 22 heavy (non-hydrogen) atoms. The highest BCUT2D eigenvalue weighted by Gasteiger charge is 2.55. The van der Waals surface area contributed by atoms with E-state index in [0.717, 1.165) is 5.56 Å². The van der Waals surface area contributed by atoms with Crippen molar-refractivity contribution in [3.05, 3.63) is 29.8 Å². The molecular weight excluding hydrogens is 324 g/mol. The van der Waals surface area contributed by atoms with Crippen molar-refractivity contribution in [2.24, 2.45) is 11.8 Å². The van der Waals surface area contributed by atoms with Crippen molar-refractivity contribution < 1.29 is 21.0 Å². The summed E-state index contributed by atoms with van der Waals surface area (Å²) in [6.45, 7) is 7.05. The lowest BCUT2D eigenvalue weighted by Crippen LogP contribution is -2.58. The Hall–Kier alpha value is -0.920. The molecule has 0 radical (unpaired) electrons. The fourth-order valence-electron chi connectivity index (χ4n) is 2.72. The molecule has 0 aromatic heterocycles. The minimum Gasteiger partial charge on any atom is -0.266 e. The molecule has 0 spiro atoms. The Morgan fingerprint density at radius 2 is 1.82 bits per heavy atom. The van der Waals surface area contributed by atoms with Crippen LogP contribution < -0.4 is 0 Å². The number of sulfone groups is 1. The maximum atomic E-state index is 12.1. The van der Waals surface area contributed by atoms with Gasteiger partial charge in [0.05, 0.1) is 22.0 Å². The normalized spacial score (nSPS) is 24.5. The van der Waals surface area contributed by atoms with Gasteiger partial charge in [-0.2, -0.15) is 8.42 Å². The van der Waals surface area contributed by atoms with Crippen molar-refractivity contribution in [1.82, 2.24) is 0 Å². The van der Waals surface area contributed by atoms with Gasteiger partial charge < -0.3 is 0 Å². The van der Waals surface area contributed by atoms with Gasteiger partial charge in [-0.25, -0.2) is 8.42 Å². The molecular formula is C15H22O5S2. The third kappa shape index (κ3) is 3.07. The Morgan fingerprint density at radius 1 is 1.27 bits per heavy atom. The summed E-state index contributed by atoms with van der Waals surface area (Å²) in [4.78, 5) is 0.116. The fraction of sp³-hybridized carbons (Fsp3) is 0.600. The molecule has 0 saturated carbocycles. The van der Waals surface area contributed by atoms with E-state index in [0.29, 0.717) is 0 Å². The molecule has 5 nitrogen and oxygen atoms in total. The standard InChI is InChI=1S/C15H22O5S2/c1-11-5-7-13(8-6-11)22(18,19)20-9-12(2)14-10-21(16,17)15(14,3)4/h5-8,12,14H,9-10H2,1-4H3. The molecule has 1 fully saturated rings. The minimum absolute atomic E-state index is 0.0141. The summed E-state index contributed by atoms with van der Waals surface area (Å²) in [5, 5.41) is 0. The summed E-state index contributed by atoms with van der Waals surface area (Å²) in [6, 6.07) is 6.43. The highest BCUT2D eigenvalue weighted by Crippen LogP contribution is 2.43. The molecule has 1 aromatic carbocycles. The first kappa shape index (κ1) is 17.4. The van der Waals surface area contributed by atoms with Gasteiger partial charge in [0.1, 0.15) is 0 Å². The van der Waals surface area contributed by atoms with Gasteiger partial charge in [0.15, 0.2) is 9.84 Å². The second-order valence-corrected chi connectivity index (χ2v) is 10.8. The molecule has 1 heterocycles. The second-order valence-electron chi connectivity index (χ2n) is 6.52. The van der Waals surface area contributed by atoms with Crippen molar-refractivity contribution in [3.63, 3.8) is 0 Å².